The maximum absolute atomic E-state index is 13.5. The average molecular weight is 353 g/mol. The monoisotopic (exact) mass is 353 g/mol. The molecule has 2 heterocycles. The molecule has 2 aromatic heterocycles. The van der Waals surface area contributed by atoms with E-state index < -0.39 is 6.04 Å². The lowest BCUT2D eigenvalue weighted by molar-refractivity contribution is -0.135. The van der Waals surface area contributed by atoms with Gasteiger partial charge in [-0.2, -0.15) is 5.10 Å². The van der Waals surface area contributed by atoms with Crippen LogP contribution in [0.5, 0.6) is 0 Å². The molecule has 0 aliphatic rings. The topological polar surface area (TPSA) is 81.7 Å². The number of hydrogen-bond donors (Lipinski definition) is 0. The van der Waals surface area contributed by atoms with Gasteiger partial charge in [-0.15, -0.1) is 5.10 Å². The SMILES string of the molecule is CC(C)CN(Cc1cnn(C)c1)C(=O)[C@H](c1ccccc1)n1cnnn1. The van der Waals surface area contributed by atoms with Crippen molar-refractivity contribution >= 4 is 5.91 Å². The summed E-state index contributed by atoms with van der Waals surface area (Å²) in [5.41, 5.74) is 1.84. The summed E-state index contributed by atoms with van der Waals surface area (Å²) in [4.78, 5) is 15.3. The van der Waals surface area contributed by atoms with E-state index in [0.29, 0.717) is 19.0 Å². The molecule has 8 heteroatoms. The third-order valence-electron chi connectivity index (χ3n) is 4.01. The highest BCUT2D eigenvalue weighted by molar-refractivity contribution is 5.83. The van der Waals surface area contributed by atoms with Gasteiger partial charge >= 0.3 is 0 Å². The van der Waals surface area contributed by atoms with E-state index in [2.05, 4.69) is 34.5 Å². The van der Waals surface area contributed by atoms with Crippen LogP contribution in [0.4, 0.5) is 0 Å². The van der Waals surface area contributed by atoms with Crippen LogP contribution in [0.15, 0.2) is 49.1 Å². The third-order valence-corrected chi connectivity index (χ3v) is 4.01. The summed E-state index contributed by atoms with van der Waals surface area (Å²) in [6, 6.07) is 8.99. The van der Waals surface area contributed by atoms with Crippen molar-refractivity contribution in [3.05, 3.63) is 60.2 Å². The lowest BCUT2D eigenvalue weighted by Crippen LogP contribution is -2.39. The predicted octanol–water partition coefficient (Wildman–Crippen LogP) is 1.68. The van der Waals surface area contributed by atoms with E-state index in [4.69, 9.17) is 0 Å². The molecular formula is C18H23N7O. The smallest absolute Gasteiger partial charge is 0.252 e. The van der Waals surface area contributed by atoms with E-state index in [-0.39, 0.29) is 5.91 Å². The Hall–Kier alpha value is -3.03. The molecule has 0 saturated heterocycles. The zero-order valence-electron chi connectivity index (χ0n) is 15.2. The van der Waals surface area contributed by atoms with Crippen molar-refractivity contribution in [3.8, 4) is 0 Å². The van der Waals surface area contributed by atoms with Crippen LogP contribution < -0.4 is 0 Å². The molecule has 1 atom stereocenters. The highest BCUT2D eigenvalue weighted by Crippen LogP contribution is 2.21. The maximum atomic E-state index is 13.5. The Labute approximate surface area is 152 Å². The van der Waals surface area contributed by atoms with Gasteiger partial charge in [0.05, 0.1) is 6.20 Å². The zero-order chi connectivity index (χ0) is 18.5. The van der Waals surface area contributed by atoms with Gasteiger partial charge in [0, 0.05) is 31.9 Å². The second-order valence-electron chi connectivity index (χ2n) is 6.74. The summed E-state index contributed by atoms with van der Waals surface area (Å²) in [5, 5.41) is 15.6. The predicted molar refractivity (Wildman–Crippen MR) is 95.9 cm³/mol. The van der Waals surface area contributed by atoms with E-state index in [9.17, 15) is 4.79 Å². The van der Waals surface area contributed by atoms with Crippen molar-refractivity contribution in [2.24, 2.45) is 13.0 Å². The van der Waals surface area contributed by atoms with Crippen LogP contribution in [-0.2, 0) is 18.4 Å². The van der Waals surface area contributed by atoms with Gasteiger partial charge in [0.2, 0.25) is 0 Å². The number of aromatic nitrogens is 6. The van der Waals surface area contributed by atoms with Crippen LogP contribution in [0.25, 0.3) is 0 Å². The number of carbonyl (C=O) groups excluding carboxylic acids is 1. The van der Waals surface area contributed by atoms with Crippen molar-refractivity contribution < 1.29 is 4.79 Å². The molecule has 0 fully saturated rings. The summed E-state index contributed by atoms with van der Waals surface area (Å²) in [6.07, 6.45) is 5.19. The molecule has 3 aromatic rings. The summed E-state index contributed by atoms with van der Waals surface area (Å²) in [5.74, 6) is 0.293. The van der Waals surface area contributed by atoms with Gasteiger partial charge in [-0.3, -0.25) is 9.48 Å². The Kier molecular flexibility index (Phi) is 5.40. The van der Waals surface area contributed by atoms with Crippen LogP contribution in [0.3, 0.4) is 0 Å². The third kappa shape index (κ3) is 4.14. The Balaban J connectivity index is 1.93. The van der Waals surface area contributed by atoms with Crippen molar-refractivity contribution in [2.75, 3.05) is 6.54 Å². The van der Waals surface area contributed by atoms with Gasteiger partial charge in [-0.25, -0.2) is 4.68 Å². The number of nitrogens with zero attached hydrogens (tertiary/aromatic N) is 7. The van der Waals surface area contributed by atoms with Gasteiger partial charge < -0.3 is 4.90 Å². The molecule has 0 saturated carbocycles. The molecular weight excluding hydrogens is 330 g/mol. The minimum atomic E-state index is -0.596. The number of hydrogen-bond acceptors (Lipinski definition) is 5. The fourth-order valence-electron chi connectivity index (χ4n) is 2.95. The first-order valence-corrected chi connectivity index (χ1v) is 8.58. The van der Waals surface area contributed by atoms with Gasteiger partial charge in [0.15, 0.2) is 6.04 Å². The number of rotatable bonds is 7. The average Bonchev–Trinajstić information content (AvgIpc) is 3.27. The Morgan fingerprint density at radius 2 is 2.00 bits per heavy atom. The van der Waals surface area contributed by atoms with Gasteiger partial charge in [0.1, 0.15) is 6.33 Å². The molecule has 1 aromatic carbocycles. The van der Waals surface area contributed by atoms with Gasteiger partial charge in [-0.1, -0.05) is 44.2 Å². The van der Waals surface area contributed by atoms with Crippen molar-refractivity contribution in [1.82, 2.24) is 34.9 Å². The van der Waals surface area contributed by atoms with Gasteiger partial charge in [0.25, 0.3) is 5.91 Å². The first kappa shape index (κ1) is 17.8. The molecule has 0 N–H and O–H groups in total. The Morgan fingerprint density at radius 3 is 2.58 bits per heavy atom. The van der Waals surface area contributed by atoms with Crippen molar-refractivity contribution in [2.45, 2.75) is 26.4 Å². The van der Waals surface area contributed by atoms with Crippen LogP contribution in [-0.4, -0.2) is 47.3 Å². The van der Waals surface area contributed by atoms with E-state index >= 15 is 0 Å². The normalized spacial score (nSPS) is 12.3. The highest BCUT2D eigenvalue weighted by atomic mass is 16.2. The molecule has 0 bridgehead atoms. The standard InChI is InChI=1S/C18H23N7O/c1-14(2)10-24(12-15-9-20-23(3)11-15)18(26)17(25-13-19-21-22-25)16-7-5-4-6-8-16/h4-9,11,13-14,17H,10,12H2,1-3H3/t17-/m0/s1. The van der Waals surface area contributed by atoms with E-state index in [1.54, 1.807) is 10.9 Å². The number of benzene rings is 1. The fraction of sp³-hybridized carbons (Fsp3) is 0.389. The molecule has 0 aliphatic carbocycles. The molecule has 26 heavy (non-hydrogen) atoms. The lowest BCUT2D eigenvalue weighted by Gasteiger charge is -2.28. The summed E-state index contributed by atoms with van der Waals surface area (Å²) in [6.45, 7) is 5.33. The minimum absolute atomic E-state index is 0.0407. The lowest BCUT2D eigenvalue weighted by atomic mass is 10.0. The second-order valence-corrected chi connectivity index (χ2v) is 6.74. The van der Waals surface area contributed by atoms with Crippen LogP contribution in [0.2, 0.25) is 0 Å². The zero-order valence-corrected chi connectivity index (χ0v) is 15.2. The van der Waals surface area contributed by atoms with Crippen LogP contribution in [0.1, 0.15) is 31.0 Å². The summed E-state index contributed by atoms with van der Waals surface area (Å²) >= 11 is 0. The minimum Gasteiger partial charge on any atom is -0.336 e. The first-order chi connectivity index (χ1) is 12.5. The molecule has 0 aliphatic heterocycles. The van der Waals surface area contributed by atoms with Crippen LogP contribution in [0, 0.1) is 5.92 Å². The quantitative estimate of drug-likeness (QED) is 0.645. The first-order valence-electron chi connectivity index (χ1n) is 8.58. The Bertz CT molecular complexity index is 826. The summed E-state index contributed by atoms with van der Waals surface area (Å²) in [7, 11) is 1.87. The van der Waals surface area contributed by atoms with E-state index in [0.717, 1.165) is 11.1 Å². The number of amides is 1. The van der Waals surface area contributed by atoms with Crippen LogP contribution >= 0.6 is 0 Å². The maximum Gasteiger partial charge on any atom is 0.252 e. The summed E-state index contributed by atoms with van der Waals surface area (Å²) < 4.78 is 3.25. The number of tetrazole rings is 1. The molecule has 0 spiro atoms. The van der Waals surface area contributed by atoms with Crippen molar-refractivity contribution in [3.63, 3.8) is 0 Å². The molecule has 0 radical (unpaired) electrons. The molecule has 1 amide bonds. The highest BCUT2D eigenvalue weighted by Gasteiger charge is 2.29. The Morgan fingerprint density at radius 1 is 1.23 bits per heavy atom. The van der Waals surface area contributed by atoms with E-state index in [1.165, 1.54) is 11.0 Å². The molecule has 3 rings (SSSR count). The largest absolute Gasteiger partial charge is 0.336 e. The fourth-order valence-corrected chi connectivity index (χ4v) is 2.95. The van der Waals surface area contributed by atoms with Crippen molar-refractivity contribution in [1.29, 1.82) is 0 Å². The second kappa shape index (κ2) is 7.90. The molecule has 136 valence electrons. The number of carbonyl (C=O) groups is 1. The molecule has 0 unspecified atom stereocenters. The number of aryl methyl sites for hydroxylation is 1. The van der Waals surface area contributed by atoms with Gasteiger partial charge in [-0.05, 0) is 21.9 Å². The molecule has 8 nitrogen and oxygen atoms in total. The van der Waals surface area contributed by atoms with E-state index in [1.807, 2.05) is 48.5 Å².